The van der Waals surface area contributed by atoms with Crippen LogP contribution >= 0.6 is 0 Å². The van der Waals surface area contributed by atoms with Gasteiger partial charge in [-0.1, -0.05) is 50.3 Å². The predicted molar refractivity (Wildman–Crippen MR) is 75.2 cm³/mol. The van der Waals surface area contributed by atoms with Gasteiger partial charge in [-0.05, 0) is 41.2 Å². The summed E-state index contributed by atoms with van der Waals surface area (Å²) in [6.45, 7) is 12.6. The molecule has 2 rings (SSSR count). The van der Waals surface area contributed by atoms with Crippen molar-refractivity contribution in [3.8, 4) is 0 Å². The average Bonchev–Trinajstić information content (AvgIpc) is 2.50. The molecule has 0 nitrogen and oxygen atoms in total. The minimum atomic E-state index is 0.200. The van der Waals surface area contributed by atoms with E-state index in [4.69, 9.17) is 0 Å². The fourth-order valence-corrected chi connectivity index (χ4v) is 3.45. The highest BCUT2D eigenvalue weighted by Gasteiger charge is 2.49. The number of allylic oxidation sites excluding steroid dienone is 2. The number of fused-ring (bicyclic) bond motifs is 1. The Balaban J connectivity index is 2.52. The van der Waals surface area contributed by atoms with E-state index in [9.17, 15) is 0 Å². The maximum Gasteiger partial charge on any atom is -0.00353 e. The number of rotatable bonds is 4. The molecule has 1 aliphatic rings. The zero-order chi connectivity index (χ0) is 12.5. The average molecular weight is 226 g/mol. The van der Waals surface area contributed by atoms with E-state index in [1.807, 2.05) is 0 Å². The quantitative estimate of drug-likeness (QED) is 0.655. The molecule has 0 radical (unpaired) electrons. The van der Waals surface area contributed by atoms with Crippen LogP contribution in [0, 0.1) is 5.41 Å². The lowest BCUT2D eigenvalue weighted by atomic mass is 9.62. The van der Waals surface area contributed by atoms with Crippen molar-refractivity contribution in [2.45, 2.75) is 38.5 Å². The molecule has 0 heteroatoms. The Morgan fingerprint density at radius 1 is 1.12 bits per heavy atom. The molecule has 0 atom stereocenters. The maximum atomic E-state index is 3.95. The second-order valence-corrected chi connectivity index (χ2v) is 5.72. The molecule has 0 aromatic heterocycles. The maximum absolute atomic E-state index is 3.95. The monoisotopic (exact) mass is 226 g/mol. The van der Waals surface area contributed by atoms with Gasteiger partial charge in [0, 0.05) is 0 Å². The topological polar surface area (TPSA) is 0 Å². The largest absolute Gasteiger partial charge is 0.103 e. The molecule has 1 aliphatic carbocycles. The van der Waals surface area contributed by atoms with Crippen LogP contribution in [-0.2, 0) is 11.8 Å². The van der Waals surface area contributed by atoms with Crippen molar-refractivity contribution in [2.24, 2.45) is 5.41 Å². The number of benzene rings is 1. The van der Waals surface area contributed by atoms with Crippen LogP contribution in [-0.4, -0.2) is 0 Å². The van der Waals surface area contributed by atoms with Crippen molar-refractivity contribution in [1.29, 1.82) is 0 Å². The lowest BCUT2D eigenvalue weighted by molar-refractivity contribution is 0.174. The van der Waals surface area contributed by atoms with Crippen molar-refractivity contribution in [1.82, 2.24) is 0 Å². The van der Waals surface area contributed by atoms with E-state index in [2.05, 4.69) is 63.4 Å². The summed E-state index contributed by atoms with van der Waals surface area (Å²) in [5, 5.41) is 0. The Morgan fingerprint density at radius 3 is 2.24 bits per heavy atom. The first-order valence-corrected chi connectivity index (χ1v) is 6.37. The second kappa shape index (κ2) is 4.18. The summed E-state index contributed by atoms with van der Waals surface area (Å²) in [5.74, 6) is 0. The highest BCUT2D eigenvalue weighted by Crippen LogP contribution is 2.55. The van der Waals surface area contributed by atoms with Crippen molar-refractivity contribution in [2.75, 3.05) is 0 Å². The standard InChI is InChI=1S/C17H22/c1-5-11-17(12-6-2)13-14-9-7-8-10-15(14)16(17,3)4/h5-10H,1-2,11-13H2,3-4H3. The van der Waals surface area contributed by atoms with E-state index >= 15 is 0 Å². The van der Waals surface area contributed by atoms with Gasteiger partial charge in [0.15, 0.2) is 0 Å². The third-order valence-corrected chi connectivity index (χ3v) is 4.62. The molecule has 0 heterocycles. The Kier molecular flexibility index (Phi) is 2.99. The summed E-state index contributed by atoms with van der Waals surface area (Å²) < 4.78 is 0. The Labute approximate surface area is 105 Å². The van der Waals surface area contributed by atoms with Crippen LogP contribution < -0.4 is 0 Å². The van der Waals surface area contributed by atoms with Crippen LogP contribution in [0.25, 0.3) is 0 Å². The van der Waals surface area contributed by atoms with Crippen LogP contribution in [0.4, 0.5) is 0 Å². The summed E-state index contributed by atoms with van der Waals surface area (Å²) in [7, 11) is 0. The van der Waals surface area contributed by atoms with E-state index in [-0.39, 0.29) is 10.8 Å². The molecule has 1 aromatic rings. The molecule has 0 bridgehead atoms. The lowest BCUT2D eigenvalue weighted by Gasteiger charge is -2.41. The summed E-state index contributed by atoms with van der Waals surface area (Å²) in [6.07, 6.45) is 7.39. The van der Waals surface area contributed by atoms with Crippen LogP contribution in [0.3, 0.4) is 0 Å². The fourth-order valence-electron chi connectivity index (χ4n) is 3.45. The summed E-state index contributed by atoms with van der Waals surface area (Å²) in [5.41, 5.74) is 3.47. The van der Waals surface area contributed by atoms with Crippen LogP contribution in [0.15, 0.2) is 49.6 Å². The van der Waals surface area contributed by atoms with Crippen molar-refractivity contribution in [3.05, 3.63) is 60.7 Å². The first-order chi connectivity index (χ1) is 8.07. The molecule has 0 saturated carbocycles. The smallest absolute Gasteiger partial charge is 0.00353 e. The van der Waals surface area contributed by atoms with E-state index < -0.39 is 0 Å². The Morgan fingerprint density at radius 2 is 1.71 bits per heavy atom. The van der Waals surface area contributed by atoms with Crippen LogP contribution in [0.1, 0.15) is 37.8 Å². The molecule has 0 fully saturated rings. The lowest BCUT2D eigenvalue weighted by Crippen LogP contribution is -2.37. The zero-order valence-corrected chi connectivity index (χ0v) is 11.0. The van der Waals surface area contributed by atoms with E-state index in [0.717, 1.165) is 19.3 Å². The number of hydrogen-bond donors (Lipinski definition) is 0. The van der Waals surface area contributed by atoms with Gasteiger partial charge in [-0.2, -0.15) is 0 Å². The van der Waals surface area contributed by atoms with E-state index in [0.29, 0.717) is 0 Å². The summed E-state index contributed by atoms with van der Waals surface area (Å²) in [6, 6.07) is 8.85. The van der Waals surface area contributed by atoms with Gasteiger partial charge >= 0.3 is 0 Å². The molecule has 90 valence electrons. The molecule has 1 aromatic carbocycles. The van der Waals surface area contributed by atoms with Gasteiger partial charge in [-0.3, -0.25) is 0 Å². The second-order valence-electron chi connectivity index (χ2n) is 5.72. The summed E-state index contributed by atoms with van der Waals surface area (Å²) >= 11 is 0. The minimum Gasteiger partial charge on any atom is -0.103 e. The highest BCUT2D eigenvalue weighted by atomic mass is 14.5. The van der Waals surface area contributed by atoms with Gasteiger partial charge in [0.1, 0.15) is 0 Å². The van der Waals surface area contributed by atoms with Gasteiger partial charge in [0.25, 0.3) is 0 Å². The first-order valence-electron chi connectivity index (χ1n) is 6.37. The molecule has 0 saturated heterocycles. The van der Waals surface area contributed by atoms with Gasteiger partial charge in [-0.25, -0.2) is 0 Å². The highest BCUT2D eigenvalue weighted by molar-refractivity contribution is 5.42. The molecule has 0 aliphatic heterocycles. The van der Waals surface area contributed by atoms with Gasteiger partial charge in [-0.15, -0.1) is 13.2 Å². The van der Waals surface area contributed by atoms with Gasteiger partial charge < -0.3 is 0 Å². The molecule has 17 heavy (non-hydrogen) atoms. The Bertz CT molecular complexity index is 427. The normalized spacial score (nSPS) is 19.6. The Hall–Kier alpha value is -1.30. The van der Waals surface area contributed by atoms with Crippen LogP contribution in [0.2, 0.25) is 0 Å². The van der Waals surface area contributed by atoms with Gasteiger partial charge in [0.05, 0.1) is 0 Å². The van der Waals surface area contributed by atoms with Crippen molar-refractivity contribution in [3.63, 3.8) is 0 Å². The van der Waals surface area contributed by atoms with Crippen molar-refractivity contribution >= 4 is 0 Å². The molecule has 0 N–H and O–H groups in total. The van der Waals surface area contributed by atoms with E-state index in [1.165, 1.54) is 11.1 Å². The molecular formula is C17H22. The zero-order valence-electron chi connectivity index (χ0n) is 11.0. The molecule has 0 amide bonds. The van der Waals surface area contributed by atoms with Gasteiger partial charge in [0.2, 0.25) is 0 Å². The van der Waals surface area contributed by atoms with Crippen molar-refractivity contribution < 1.29 is 0 Å². The molecular weight excluding hydrogens is 204 g/mol. The summed E-state index contributed by atoms with van der Waals surface area (Å²) in [4.78, 5) is 0. The van der Waals surface area contributed by atoms with E-state index in [1.54, 1.807) is 0 Å². The fraction of sp³-hybridized carbons (Fsp3) is 0.412. The first kappa shape index (κ1) is 12.2. The number of hydrogen-bond acceptors (Lipinski definition) is 0. The minimum absolute atomic E-state index is 0.200. The third-order valence-electron chi connectivity index (χ3n) is 4.62. The van der Waals surface area contributed by atoms with Crippen LogP contribution in [0.5, 0.6) is 0 Å². The molecule has 0 spiro atoms. The SMILES string of the molecule is C=CCC1(CC=C)Cc2ccccc2C1(C)C. The molecule has 0 unspecified atom stereocenters. The third kappa shape index (κ3) is 1.67. The predicted octanol–water partition coefficient (Wildman–Crippen LogP) is 4.66.